The Hall–Kier alpha value is -1.67. The molecule has 0 spiro atoms. The minimum Gasteiger partial charge on any atom is -0.412 e. The Bertz CT molecular complexity index is 404. The maximum atomic E-state index is 11.6. The van der Waals surface area contributed by atoms with Crippen molar-refractivity contribution < 1.29 is 10.3 Å². The van der Waals surface area contributed by atoms with Gasteiger partial charge in [-0.2, -0.15) is 0 Å². The average Bonchev–Trinajstić information content (AvgIpc) is 2.39. The number of hydrogen-bond acceptors (Lipinski definition) is 1. The van der Waals surface area contributed by atoms with Crippen LogP contribution in [0.25, 0.3) is 0 Å². The van der Waals surface area contributed by atoms with Crippen LogP contribution >= 0.6 is 0 Å². The van der Waals surface area contributed by atoms with Crippen LogP contribution in [-0.4, -0.2) is 11.3 Å². The van der Waals surface area contributed by atoms with E-state index >= 15 is 0 Å². The van der Waals surface area contributed by atoms with Crippen molar-refractivity contribution >= 4 is 5.78 Å². The van der Waals surface area contributed by atoms with Gasteiger partial charge < -0.3 is 5.48 Å². The lowest BCUT2D eigenvalue weighted by Gasteiger charge is -1.96. The Morgan fingerprint density at radius 2 is 1.70 bits per heavy atom. The van der Waals surface area contributed by atoms with Crippen LogP contribution in [0.3, 0.4) is 0 Å². The van der Waals surface area contributed by atoms with E-state index in [1.165, 1.54) is 6.42 Å². The highest BCUT2D eigenvalue weighted by molar-refractivity contribution is 6.04. The minimum absolute atomic E-state index is 0. The Morgan fingerprint density at radius 3 is 2.10 bits per heavy atom. The van der Waals surface area contributed by atoms with Crippen LogP contribution < -0.4 is 0 Å². The monoisotopic (exact) mass is 278 g/mol. The zero-order valence-corrected chi connectivity index (χ0v) is 13.8. The molecule has 0 aromatic heterocycles. The molecule has 2 nitrogen and oxygen atoms in total. The lowest BCUT2D eigenvalue weighted by atomic mass is 10.1. The van der Waals surface area contributed by atoms with E-state index in [1.807, 2.05) is 52.0 Å². The van der Waals surface area contributed by atoms with Gasteiger partial charge in [0.05, 0.1) is 0 Å². The molecule has 0 saturated carbocycles. The molecular formula is C18H30O2. The molecule has 0 fully saturated rings. The molecule has 114 valence electrons. The molecule has 0 amide bonds. The highest BCUT2D eigenvalue weighted by Crippen LogP contribution is 2.06. The second-order valence-electron chi connectivity index (χ2n) is 4.12. The largest absolute Gasteiger partial charge is 0.412 e. The summed E-state index contributed by atoms with van der Waals surface area (Å²) in [5.74, 6) is 0.0247. The SMILES string of the molecule is C=C(C)/C=C/C(=O)c1cccc(C)c1.CC.CCC.O. The van der Waals surface area contributed by atoms with Crippen LogP contribution in [0.1, 0.15) is 57.0 Å². The second kappa shape index (κ2) is 15.4. The first kappa shape index (κ1) is 23.4. The molecule has 0 aliphatic heterocycles. The molecule has 0 aliphatic rings. The summed E-state index contributed by atoms with van der Waals surface area (Å²) in [5, 5.41) is 0. The first-order valence-electron chi connectivity index (χ1n) is 6.95. The predicted molar refractivity (Wildman–Crippen MR) is 90.4 cm³/mol. The molecule has 1 rings (SSSR count). The summed E-state index contributed by atoms with van der Waals surface area (Å²) in [4.78, 5) is 11.6. The quantitative estimate of drug-likeness (QED) is 0.439. The van der Waals surface area contributed by atoms with Gasteiger partial charge in [0.1, 0.15) is 0 Å². The number of rotatable bonds is 3. The van der Waals surface area contributed by atoms with Gasteiger partial charge in [-0.25, -0.2) is 0 Å². The Morgan fingerprint density at radius 1 is 1.20 bits per heavy atom. The van der Waals surface area contributed by atoms with Gasteiger partial charge in [-0.1, -0.05) is 76.1 Å². The van der Waals surface area contributed by atoms with E-state index in [4.69, 9.17) is 0 Å². The van der Waals surface area contributed by atoms with Gasteiger partial charge in [0.15, 0.2) is 5.78 Å². The number of allylic oxidation sites excluding steroid dienone is 3. The lowest BCUT2D eigenvalue weighted by molar-refractivity contribution is 0.104. The number of ketones is 1. The van der Waals surface area contributed by atoms with Gasteiger partial charge in [0.2, 0.25) is 0 Å². The number of hydrogen-bond donors (Lipinski definition) is 0. The summed E-state index contributed by atoms with van der Waals surface area (Å²) in [6, 6.07) is 7.56. The van der Waals surface area contributed by atoms with E-state index in [0.717, 1.165) is 16.7 Å². The molecule has 0 atom stereocenters. The zero-order valence-electron chi connectivity index (χ0n) is 13.8. The second-order valence-corrected chi connectivity index (χ2v) is 4.12. The number of carbonyl (C=O) groups is 1. The molecule has 0 bridgehead atoms. The van der Waals surface area contributed by atoms with E-state index in [9.17, 15) is 4.79 Å². The Balaban J connectivity index is -0.000000426. The molecule has 0 radical (unpaired) electrons. The molecule has 2 heteroatoms. The fourth-order valence-corrected chi connectivity index (χ4v) is 1.11. The average molecular weight is 278 g/mol. The van der Waals surface area contributed by atoms with Gasteiger partial charge in [-0.3, -0.25) is 4.79 Å². The van der Waals surface area contributed by atoms with Crippen LogP contribution in [0.5, 0.6) is 0 Å². The summed E-state index contributed by atoms with van der Waals surface area (Å²) in [5.41, 5.74) is 2.70. The van der Waals surface area contributed by atoms with Crippen LogP contribution in [0.2, 0.25) is 0 Å². The predicted octanol–water partition coefficient (Wildman–Crippen LogP) is 4.93. The van der Waals surface area contributed by atoms with E-state index < -0.39 is 0 Å². The third kappa shape index (κ3) is 12.8. The van der Waals surface area contributed by atoms with Crippen LogP contribution in [0, 0.1) is 6.92 Å². The third-order valence-electron chi connectivity index (χ3n) is 1.82. The van der Waals surface area contributed by atoms with Crippen molar-refractivity contribution in [3.05, 3.63) is 59.7 Å². The zero-order chi connectivity index (χ0) is 15.3. The summed E-state index contributed by atoms with van der Waals surface area (Å²) in [6.07, 6.45) is 4.53. The molecular weight excluding hydrogens is 248 g/mol. The van der Waals surface area contributed by atoms with Gasteiger partial charge in [0, 0.05) is 5.56 Å². The van der Waals surface area contributed by atoms with Crippen molar-refractivity contribution in [2.45, 2.75) is 48.0 Å². The third-order valence-corrected chi connectivity index (χ3v) is 1.82. The molecule has 0 unspecified atom stereocenters. The van der Waals surface area contributed by atoms with Crippen molar-refractivity contribution in [1.29, 1.82) is 0 Å². The highest BCUT2D eigenvalue weighted by Gasteiger charge is 2.00. The molecule has 1 aromatic carbocycles. The van der Waals surface area contributed by atoms with Crippen molar-refractivity contribution in [2.24, 2.45) is 0 Å². The first-order chi connectivity index (χ1) is 9.01. The summed E-state index contributed by atoms with van der Waals surface area (Å²) in [6.45, 7) is 15.8. The molecule has 20 heavy (non-hydrogen) atoms. The number of carbonyl (C=O) groups excluding carboxylic acids is 1. The topological polar surface area (TPSA) is 48.6 Å². The fraction of sp³-hybridized carbons (Fsp3) is 0.389. The van der Waals surface area contributed by atoms with Crippen molar-refractivity contribution in [1.82, 2.24) is 0 Å². The van der Waals surface area contributed by atoms with E-state index in [-0.39, 0.29) is 11.3 Å². The number of benzene rings is 1. The Kier molecular flexibility index (Phi) is 18.0. The van der Waals surface area contributed by atoms with Gasteiger partial charge in [-0.15, -0.1) is 0 Å². The van der Waals surface area contributed by atoms with Crippen LogP contribution in [-0.2, 0) is 0 Å². The molecule has 0 heterocycles. The number of aryl methyl sites for hydroxylation is 1. The normalized spacial score (nSPS) is 8.50. The smallest absolute Gasteiger partial charge is 0.185 e. The van der Waals surface area contributed by atoms with E-state index in [0.29, 0.717) is 0 Å². The van der Waals surface area contributed by atoms with Gasteiger partial charge in [0.25, 0.3) is 0 Å². The summed E-state index contributed by atoms with van der Waals surface area (Å²) in [7, 11) is 0. The molecule has 0 aliphatic carbocycles. The molecule has 0 saturated heterocycles. The van der Waals surface area contributed by atoms with Crippen LogP contribution in [0.15, 0.2) is 48.6 Å². The highest BCUT2D eigenvalue weighted by atomic mass is 16.1. The Labute approximate surface area is 124 Å². The molecule has 1 aromatic rings. The standard InChI is InChI=1S/C13H14O.C3H8.C2H6.H2O/c1-10(2)7-8-13(14)12-6-4-5-11(3)9-12;1-3-2;1-2;/h4-9H,1H2,2-3H3;3H2,1-2H3;1-2H3;1H2/b8-7+;;;. The van der Waals surface area contributed by atoms with Gasteiger partial charge in [-0.05, 0) is 26.0 Å². The summed E-state index contributed by atoms with van der Waals surface area (Å²) < 4.78 is 0. The fourth-order valence-electron chi connectivity index (χ4n) is 1.11. The molecule has 2 N–H and O–H groups in total. The minimum atomic E-state index is 0. The lowest BCUT2D eigenvalue weighted by Crippen LogP contribution is -1.94. The first-order valence-corrected chi connectivity index (χ1v) is 6.95. The van der Waals surface area contributed by atoms with Crippen LogP contribution in [0.4, 0.5) is 0 Å². The van der Waals surface area contributed by atoms with Gasteiger partial charge >= 0.3 is 0 Å². The maximum absolute atomic E-state index is 11.6. The summed E-state index contributed by atoms with van der Waals surface area (Å²) >= 11 is 0. The maximum Gasteiger partial charge on any atom is 0.185 e. The van der Waals surface area contributed by atoms with Crippen molar-refractivity contribution in [3.63, 3.8) is 0 Å². The van der Waals surface area contributed by atoms with E-state index in [1.54, 1.807) is 12.2 Å². The van der Waals surface area contributed by atoms with Crippen molar-refractivity contribution in [2.75, 3.05) is 0 Å². The van der Waals surface area contributed by atoms with E-state index in [2.05, 4.69) is 20.4 Å². The van der Waals surface area contributed by atoms with Crippen molar-refractivity contribution in [3.8, 4) is 0 Å².